The van der Waals surface area contributed by atoms with Gasteiger partial charge in [-0.1, -0.05) is 94.4 Å². The van der Waals surface area contributed by atoms with Crippen molar-refractivity contribution in [1.29, 1.82) is 0 Å². The van der Waals surface area contributed by atoms with E-state index in [0.29, 0.717) is 11.8 Å². The predicted molar refractivity (Wildman–Crippen MR) is 206 cm³/mol. The second-order valence-electron chi connectivity index (χ2n) is 17.0. The van der Waals surface area contributed by atoms with Gasteiger partial charge in [-0.15, -0.1) is 0 Å². The molecule has 0 atom stereocenters. The highest BCUT2D eigenvalue weighted by Crippen LogP contribution is 2.69. The fourth-order valence-corrected chi connectivity index (χ4v) is 12.2. The van der Waals surface area contributed by atoms with E-state index in [1.54, 1.807) is 11.1 Å². The van der Waals surface area contributed by atoms with E-state index in [1.807, 2.05) is 0 Å². The van der Waals surface area contributed by atoms with E-state index in [0.717, 1.165) is 23.7 Å². The zero-order chi connectivity index (χ0) is 32.8. The number of fused-ring (bicyclic) bond motifs is 6. The topological polar surface area (TPSA) is 6.48 Å². The summed E-state index contributed by atoms with van der Waals surface area (Å²) >= 11 is 0. The van der Waals surface area contributed by atoms with E-state index in [4.69, 9.17) is 0 Å². The number of rotatable bonds is 3. The molecule has 7 aliphatic rings. The lowest BCUT2D eigenvalue weighted by Crippen LogP contribution is -2.64. The number of benzene rings is 5. The molecule has 0 saturated heterocycles. The van der Waals surface area contributed by atoms with Gasteiger partial charge in [-0.25, -0.2) is 0 Å². The van der Waals surface area contributed by atoms with Gasteiger partial charge < -0.3 is 9.80 Å². The summed E-state index contributed by atoms with van der Waals surface area (Å²) in [5.41, 5.74) is 18.7. The summed E-state index contributed by atoms with van der Waals surface area (Å²) in [5, 5.41) is 0. The second kappa shape index (κ2) is 9.93. The van der Waals surface area contributed by atoms with Crippen LogP contribution in [0.25, 0.3) is 0 Å². The van der Waals surface area contributed by atoms with Crippen LogP contribution in [0.2, 0.25) is 0 Å². The van der Waals surface area contributed by atoms with E-state index < -0.39 is 0 Å². The Hall–Kier alpha value is -4.24. The highest BCUT2D eigenvalue weighted by Gasteiger charge is 2.62. The van der Waals surface area contributed by atoms with Crippen molar-refractivity contribution in [2.45, 2.75) is 77.0 Å². The zero-order valence-electron chi connectivity index (χ0n) is 29.3. The molecule has 49 heavy (non-hydrogen) atoms. The summed E-state index contributed by atoms with van der Waals surface area (Å²) in [6.45, 7) is 9.46. The van der Waals surface area contributed by atoms with Crippen LogP contribution in [0, 0.1) is 23.7 Å². The highest BCUT2D eigenvalue weighted by atomic mass is 15.2. The predicted octanol–water partition coefficient (Wildman–Crippen LogP) is 10.1. The van der Waals surface area contributed by atoms with Crippen LogP contribution in [0.4, 0.5) is 34.1 Å². The molecule has 5 aromatic carbocycles. The van der Waals surface area contributed by atoms with E-state index in [2.05, 4.69) is 141 Å². The Labute approximate surface area is 292 Å². The Balaban J connectivity index is 1.22. The summed E-state index contributed by atoms with van der Waals surface area (Å²) in [7, 11) is 0. The van der Waals surface area contributed by atoms with Gasteiger partial charge in [0.05, 0.1) is 5.69 Å². The molecule has 3 aliphatic heterocycles. The van der Waals surface area contributed by atoms with Gasteiger partial charge in [-0.3, -0.25) is 0 Å². The van der Waals surface area contributed by atoms with E-state index in [1.165, 1.54) is 93.7 Å². The average Bonchev–Trinajstić information content (AvgIpc) is 3.11. The lowest BCUT2D eigenvalue weighted by Gasteiger charge is -2.64. The maximum absolute atomic E-state index is 2.71. The zero-order valence-corrected chi connectivity index (χ0v) is 29.3. The van der Waals surface area contributed by atoms with Crippen LogP contribution in [0.5, 0.6) is 0 Å². The first-order chi connectivity index (χ1) is 23.9. The van der Waals surface area contributed by atoms with Crippen LogP contribution in [-0.2, 0) is 5.41 Å². The molecular formula is C46H45BN2. The van der Waals surface area contributed by atoms with Crippen molar-refractivity contribution in [3.8, 4) is 0 Å². The van der Waals surface area contributed by atoms with Crippen molar-refractivity contribution in [3.05, 3.63) is 125 Å². The van der Waals surface area contributed by atoms with Gasteiger partial charge in [0.15, 0.2) is 0 Å². The fourth-order valence-electron chi connectivity index (χ4n) is 12.2. The molecule has 4 fully saturated rings. The number of para-hydroxylation sites is 2. The second-order valence-corrected chi connectivity index (χ2v) is 17.0. The van der Waals surface area contributed by atoms with Crippen molar-refractivity contribution in [2.75, 3.05) is 9.80 Å². The van der Waals surface area contributed by atoms with Gasteiger partial charge in [0.2, 0.25) is 0 Å². The van der Waals surface area contributed by atoms with Crippen LogP contribution in [0.15, 0.2) is 103 Å². The standard InChI is InChI=1S/C46H45BN2/c1-27(2)31-10-7-11-35(25-31)48-41-16-9-17-42-44(41)47(38-19-18-32(28(3)4)26-43(38)48)39-14-8-13-37-45(39)49(42)40-15-6-5-12-36(40)46(37)33-21-29-20-30(23-33)24-34(46)22-29/h5-19,25-30,33-34H,20-24H2,1-4H3. The molecule has 0 unspecified atom stereocenters. The molecule has 4 saturated carbocycles. The first-order valence-electron chi connectivity index (χ1n) is 19.1. The largest absolute Gasteiger partial charge is 0.311 e. The normalized spacial score (nSPS) is 26.3. The van der Waals surface area contributed by atoms with Gasteiger partial charge >= 0.3 is 0 Å². The summed E-state index contributed by atoms with van der Waals surface area (Å²) in [4.78, 5) is 5.30. The maximum Gasteiger partial charge on any atom is 0.252 e. The third-order valence-electron chi connectivity index (χ3n) is 14.0. The Morgan fingerprint density at radius 3 is 1.94 bits per heavy atom. The molecule has 242 valence electrons. The van der Waals surface area contributed by atoms with Crippen LogP contribution < -0.4 is 26.2 Å². The SMILES string of the molecule is CC(C)c1cccc(N2c3cc(C(C)C)ccc3B3c4cccc5c4N(c4ccccc4C54C5CC6CC(C5)CC4C6)c4cccc2c43)c1. The minimum absolute atomic E-state index is 0.114. The first kappa shape index (κ1) is 28.6. The minimum Gasteiger partial charge on any atom is -0.311 e. The van der Waals surface area contributed by atoms with Crippen molar-refractivity contribution in [1.82, 2.24) is 0 Å². The molecule has 3 heterocycles. The Morgan fingerprint density at radius 2 is 1.18 bits per heavy atom. The molecule has 5 aromatic rings. The van der Waals surface area contributed by atoms with E-state index >= 15 is 0 Å². The third kappa shape index (κ3) is 3.59. The summed E-state index contributed by atoms with van der Waals surface area (Å²) < 4.78 is 0. The van der Waals surface area contributed by atoms with Gasteiger partial charge in [-0.05, 0) is 143 Å². The summed E-state index contributed by atoms with van der Waals surface area (Å²) in [6, 6.07) is 40.9. The Bertz CT molecular complexity index is 2170. The van der Waals surface area contributed by atoms with E-state index in [-0.39, 0.29) is 12.1 Å². The smallest absolute Gasteiger partial charge is 0.252 e. The maximum atomic E-state index is 2.71. The molecule has 4 aliphatic carbocycles. The van der Waals surface area contributed by atoms with Crippen molar-refractivity contribution < 1.29 is 0 Å². The molecule has 0 aromatic heterocycles. The molecule has 12 rings (SSSR count). The molecule has 1 spiro atoms. The Kier molecular flexibility index (Phi) is 5.80. The number of anilines is 6. The monoisotopic (exact) mass is 636 g/mol. The lowest BCUT2D eigenvalue weighted by molar-refractivity contribution is -0.0419. The van der Waals surface area contributed by atoms with Gasteiger partial charge in [0, 0.05) is 33.9 Å². The highest BCUT2D eigenvalue weighted by molar-refractivity contribution is 7.00. The van der Waals surface area contributed by atoms with Crippen molar-refractivity contribution in [2.24, 2.45) is 23.7 Å². The van der Waals surface area contributed by atoms with Gasteiger partial charge in [0.25, 0.3) is 6.71 Å². The third-order valence-corrected chi connectivity index (χ3v) is 14.0. The van der Waals surface area contributed by atoms with Crippen LogP contribution in [0.3, 0.4) is 0 Å². The molecule has 2 nitrogen and oxygen atoms in total. The number of hydrogen-bond donors (Lipinski definition) is 0. The first-order valence-corrected chi connectivity index (χ1v) is 19.1. The molecule has 0 N–H and O–H groups in total. The van der Waals surface area contributed by atoms with Gasteiger partial charge in [0.1, 0.15) is 0 Å². The summed E-state index contributed by atoms with van der Waals surface area (Å²) in [6.07, 6.45) is 7.09. The Morgan fingerprint density at radius 1 is 0.551 bits per heavy atom. The molecule has 4 bridgehead atoms. The fraction of sp³-hybridized carbons (Fsp3) is 0.348. The average molecular weight is 637 g/mol. The van der Waals surface area contributed by atoms with Gasteiger partial charge in [-0.2, -0.15) is 0 Å². The minimum atomic E-state index is 0.114. The number of nitrogens with zero attached hydrogens (tertiary/aromatic N) is 2. The van der Waals surface area contributed by atoms with Crippen LogP contribution in [0.1, 0.15) is 93.9 Å². The summed E-state index contributed by atoms with van der Waals surface area (Å²) in [5.74, 6) is 4.27. The quantitative estimate of drug-likeness (QED) is 0.178. The number of hydrogen-bond acceptors (Lipinski definition) is 2. The van der Waals surface area contributed by atoms with E-state index in [9.17, 15) is 0 Å². The van der Waals surface area contributed by atoms with Crippen LogP contribution >= 0.6 is 0 Å². The van der Waals surface area contributed by atoms with Crippen molar-refractivity contribution >= 4 is 57.2 Å². The molecular weight excluding hydrogens is 591 g/mol. The molecule has 0 amide bonds. The lowest BCUT2D eigenvalue weighted by atomic mass is 9.32. The van der Waals surface area contributed by atoms with Crippen molar-refractivity contribution in [3.63, 3.8) is 0 Å². The molecule has 3 heteroatoms. The molecule has 0 radical (unpaired) electrons. The van der Waals surface area contributed by atoms with Crippen LogP contribution in [-0.4, -0.2) is 6.71 Å².